The highest BCUT2D eigenvalue weighted by molar-refractivity contribution is 5.69. The molecule has 5 nitrogen and oxygen atoms in total. The molecule has 0 saturated carbocycles. The van der Waals surface area contributed by atoms with Crippen molar-refractivity contribution in [1.82, 2.24) is 15.3 Å². The highest BCUT2D eigenvalue weighted by Gasteiger charge is 1.99. The molecule has 1 amide bonds. The molecule has 1 aromatic heterocycles. The van der Waals surface area contributed by atoms with Gasteiger partial charge in [-0.05, 0) is 0 Å². The third kappa shape index (κ3) is 2.21. The van der Waals surface area contributed by atoms with Crippen LogP contribution in [0.4, 0.5) is 4.79 Å². The van der Waals surface area contributed by atoms with E-state index in [1.807, 2.05) is 0 Å². The molecule has 1 rings (SSSR count). The van der Waals surface area contributed by atoms with Gasteiger partial charge < -0.3 is 10.1 Å². The predicted octanol–water partition coefficient (Wildman–Crippen LogP) is 0.195. The van der Waals surface area contributed by atoms with Crippen LogP contribution in [0.2, 0.25) is 0 Å². The van der Waals surface area contributed by atoms with Gasteiger partial charge >= 0.3 is 6.09 Å². The molecule has 0 bridgehead atoms. The molecule has 1 aromatic rings. The van der Waals surface area contributed by atoms with Gasteiger partial charge in [-0.15, -0.1) is 0 Å². The molecule has 0 atom stereocenters. The van der Waals surface area contributed by atoms with Crippen molar-refractivity contribution in [3.8, 4) is 5.88 Å². The van der Waals surface area contributed by atoms with Gasteiger partial charge in [-0.25, -0.2) is 9.78 Å². The monoisotopic (exact) mass is 153 g/mol. The summed E-state index contributed by atoms with van der Waals surface area (Å²) in [4.78, 5) is 18.0. The Morgan fingerprint density at radius 1 is 1.64 bits per heavy atom. The van der Waals surface area contributed by atoms with Crippen LogP contribution in [0.3, 0.4) is 0 Å². The zero-order valence-corrected chi connectivity index (χ0v) is 5.94. The molecule has 0 unspecified atom stereocenters. The molecular weight excluding hydrogens is 146 g/mol. The van der Waals surface area contributed by atoms with E-state index < -0.39 is 6.09 Å². The van der Waals surface area contributed by atoms with Crippen LogP contribution in [0, 0.1) is 0 Å². The molecular formula is C6H7N3O2. The number of rotatable bonds is 1. The first-order chi connectivity index (χ1) is 5.33. The summed E-state index contributed by atoms with van der Waals surface area (Å²) in [5, 5.41) is 2.28. The minimum Gasteiger partial charge on any atom is -0.390 e. The molecule has 0 aromatic carbocycles. The lowest BCUT2D eigenvalue weighted by molar-refractivity contribution is 0.201. The Hall–Kier alpha value is -1.65. The summed E-state index contributed by atoms with van der Waals surface area (Å²) >= 11 is 0. The van der Waals surface area contributed by atoms with Crippen molar-refractivity contribution in [3.05, 3.63) is 18.6 Å². The highest BCUT2D eigenvalue weighted by Crippen LogP contribution is 1.99. The van der Waals surface area contributed by atoms with Gasteiger partial charge in [-0.1, -0.05) is 0 Å². The molecule has 1 heterocycles. The van der Waals surface area contributed by atoms with Crippen molar-refractivity contribution in [2.45, 2.75) is 0 Å². The second-order valence-corrected chi connectivity index (χ2v) is 1.68. The van der Waals surface area contributed by atoms with Gasteiger partial charge in [0.25, 0.3) is 0 Å². The van der Waals surface area contributed by atoms with Crippen molar-refractivity contribution < 1.29 is 9.53 Å². The largest absolute Gasteiger partial charge is 0.413 e. The summed E-state index contributed by atoms with van der Waals surface area (Å²) in [6, 6.07) is 0. The lowest BCUT2D eigenvalue weighted by atomic mass is 10.7. The van der Waals surface area contributed by atoms with Crippen LogP contribution in [-0.2, 0) is 0 Å². The van der Waals surface area contributed by atoms with Crippen LogP contribution in [0.25, 0.3) is 0 Å². The van der Waals surface area contributed by atoms with E-state index in [1.54, 1.807) is 0 Å². The van der Waals surface area contributed by atoms with E-state index >= 15 is 0 Å². The number of nitrogens with zero attached hydrogens (tertiary/aromatic N) is 2. The van der Waals surface area contributed by atoms with Crippen molar-refractivity contribution in [2.75, 3.05) is 7.05 Å². The molecule has 0 saturated heterocycles. The van der Waals surface area contributed by atoms with Crippen molar-refractivity contribution >= 4 is 6.09 Å². The third-order valence-corrected chi connectivity index (χ3v) is 0.941. The minimum atomic E-state index is -0.550. The lowest BCUT2D eigenvalue weighted by Gasteiger charge is -1.98. The maximum Gasteiger partial charge on any atom is 0.413 e. The highest BCUT2D eigenvalue weighted by atomic mass is 16.6. The summed E-state index contributed by atoms with van der Waals surface area (Å²) in [5.74, 6) is 0.187. The van der Waals surface area contributed by atoms with E-state index in [9.17, 15) is 4.79 Å². The first-order valence-electron chi connectivity index (χ1n) is 2.98. The quantitative estimate of drug-likeness (QED) is 0.625. The number of amides is 1. The van der Waals surface area contributed by atoms with Crippen LogP contribution in [-0.4, -0.2) is 23.1 Å². The zero-order valence-electron chi connectivity index (χ0n) is 5.94. The molecule has 0 spiro atoms. The van der Waals surface area contributed by atoms with Crippen LogP contribution >= 0.6 is 0 Å². The van der Waals surface area contributed by atoms with Crippen molar-refractivity contribution in [2.24, 2.45) is 0 Å². The number of hydrogen-bond donors (Lipinski definition) is 1. The Bertz CT molecular complexity index is 237. The standard InChI is InChI=1S/C6H7N3O2/c1-7-6(10)11-5-4-8-2-3-9-5/h2-4H,1H3,(H,7,10). The molecule has 0 radical (unpaired) electrons. The number of aromatic nitrogens is 2. The molecule has 0 aliphatic heterocycles. The SMILES string of the molecule is CNC(=O)Oc1cnccn1. The lowest BCUT2D eigenvalue weighted by Crippen LogP contribution is -2.22. The van der Waals surface area contributed by atoms with E-state index in [4.69, 9.17) is 0 Å². The van der Waals surface area contributed by atoms with Gasteiger partial charge in [-0.3, -0.25) is 4.98 Å². The van der Waals surface area contributed by atoms with E-state index in [1.165, 1.54) is 25.6 Å². The topological polar surface area (TPSA) is 64.1 Å². The summed E-state index contributed by atoms with van der Waals surface area (Å²) < 4.78 is 4.64. The molecule has 5 heteroatoms. The smallest absolute Gasteiger partial charge is 0.390 e. The summed E-state index contributed by atoms with van der Waals surface area (Å²) in [5.41, 5.74) is 0. The van der Waals surface area contributed by atoms with Crippen LogP contribution in [0.15, 0.2) is 18.6 Å². The van der Waals surface area contributed by atoms with Crippen LogP contribution in [0.5, 0.6) is 5.88 Å². The molecule has 0 aliphatic rings. The predicted molar refractivity (Wildman–Crippen MR) is 37.1 cm³/mol. The first kappa shape index (κ1) is 7.46. The Labute approximate surface area is 63.4 Å². The molecule has 0 fully saturated rings. The second kappa shape index (κ2) is 3.50. The van der Waals surface area contributed by atoms with Gasteiger partial charge in [0, 0.05) is 19.4 Å². The fraction of sp³-hybridized carbons (Fsp3) is 0.167. The normalized spacial score (nSPS) is 8.82. The number of hydrogen-bond acceptors (Lipinski definition) is 4. The Morgan fingerprint density at radius 2 is 2.45 bits per heavy atom. The average molecular weight is 153 g/mol. The van der Waals surface area contributed by atoms with Crippen molar-refractivity contribution in [3.63, 3.8) is 0 Å². The van der Waals surface area contributed by atoms with E-state index in [0.717, 1.165) is 0 Å². The summed E-state index contributed by atoms with van der Waals surface area (Å²) in [6.45, 7) is 0. The van der Waals surface area contributed by atoms with Crippen LogP contribution < -0.4 is 10.1 Å². The fourth-order valence-electron chi connectivity index (χ4n) is 0.484. The third-order valence-electron chi connectivity index (χ3n) is 0.941. The number of carbonyl (C=O) groups is 1. The number of nitrogens with one attached hydrogen (secondary N) is 1. The maximum absolute atomic E-state index is 10.6. The van der Waals surface area contributed by atoms with Crippen molar-refractivity contribution in [1.29, 1.82) is 0 Å². The minimum absolute atomic E-state index is 0.187. The summed E-state index contributed by atoms with van der Waals surface area (Å²) in [6.07, 6.45) is 3.75. The van der Waals surface area contributed by atoms with E-state index in [0.29, 0.717) is 0 Å². The van der Waals surface area contributed by atoms with Gasteiger partial charge in [0.1, 0.15) is 0 Å². The van der Waals surface area contributed by atoms with E-state index in [-0.39, 0.29) is 5.88 Å². The van der Waals surface area contributed by atoms with E-state index in [2.05, 4.69) is 20.0 Å². The maximum atomic E-state index is 10.6. The summed E-state index contributed by atoms with van der Waals surface area (Å²) in [7, 11) is 1.47. The fourth-order valence-corrected chi connectivity index (χ4v) is 0.484. The Morgan fingerprint density at radius 3 is 3.00 bits per heavy atom. The molecule has 11 heavy (non-hydrogen) atoms. The first-order valence-corrected chi connectivity index (χ1v) is 2.98. The Kier molecular flexibility index (Phi) is 2.37. The molecule has 1 N–H and O–H groups in total. The number of ether oxygens (including phenoxy) is 1. The zero-order chi connectivity index (χ0) is 8.10. The van der Waals surface area contributed by atoms with Gasteiger partial charge in [-0.2, -0.15) is 0 Å². The Balaban J connectivity index is 2.58. The second-order valence-electron chi connectivity index (χ2n) is 1.68. The van der Waals surface area contributed by atoms with Crippen LogP contribution in [0.1, 0.15) is 0 Å². The molecule has 58 valence electrons. The van der Waals surface area contributed by atoms with Gasteiger partial charge in [0.05, 0.1) is 6.20 Å². The average Bonchev–Trinajstić information content (AvgIpc) is 2.06. The molecule has 0 aliphatic carbocycles. The van der Waals surface area contributed by atoms with Gasteiger partial charge in [0.15, 0.2) is 0 Å². The number of carbonyl (C=O) groups excluding carboxylic acids is 1. The van der Waals surface area contributed by atoms with Gasteiger partial charge in [0.2, 0.25) is 5.88 Å².